The van der Waals surface area contributed by atoms with Gasteiger partial charge in [-0.15, -0.1) is 0 Å². The molecular formula is C10H14ClN3O2S. The summed E-state index contributed by atoms with van der Waals surface area (Å²) in [5.74, 6) is 0.563. The molecule has 0 bridgehead atoms. The fourth-order valence-electron chi connectivity index (χ4n) is 2.16. The summed E-state index contributed by atoms with van der Waals surface area (Å²) in [6.45, 7) is 2.29. The standard InChI is InChI=1S/C10H14ClN3O2S/c1-7-12-8(6-10(11)13-7)9-4-3-5-14(9)17(2,15)16/h6,9H,3-5H2,1-2H3. The molecule has 0 amide bonds. The molecule has 5 nitrogen and oxygen atoms in total. The maximum absolute atomic E-state index is 11.6. The van der Waals surface area contributed by atoms with Crippen molar-refractivity contribution in [2.45, 2.75) is 25.8 Å². The maximum Gasteiger partial charge on any atom is 0.211 e. The van der Waals surface area contributed by atoms with Gasteiger partial charge >= 0.3 is 0 Å². The van der Waals surface area contributed by atoms with E-state index in [4.69, 9.17) is 11.6 Å². The average Bonchev–Trinajstić information content (AvgIpc) is 2.63. The summed E-state index contributed by atoms with van der Waals surface area (Å²) in [6.07, 6.45) is 2.85. The summed E-state index contributed by atoms with van der Waals surface area (Å²) in [5, 5.41) is 0.354. The Kier molecular flexibility index (Phi) is 3.38. The third-order valence-corrected chi connectivity index (χ3v) is 4.28. The molecular weight excluding hydrogens is 262 g/mol. The first-order chi connectivity index (χ1) is 7.88. The Bertz CT molecular complexity index is 512. The summed E-state index contributed by atoms with van der Waals surface area (Å²) in [7, 11) is -3.20. The lowest BCUT2D eigenvalue weighted by Crippen LogP contribution is -2.30. The van der Waals surface area contributed by atoms with Crippen LogP contribution in [0.1, 0.15) is 30.4 Å². The van der Waals surface area contributed by atoms with E-state index < -0.39 is 10.0 Å². The van der Waals surface area contributed by atoms with Crippen LogP contribution in [0.2, 0.25) is 5.15 Å². The van der Waals surface area contributed by atoms with Crippen LogP contribution in [0, 0.1) is 6.92 Å². The van der Waals surface area contributed by atoms with Gasteiger partial charge in [-0.05, 0) is 25.8 Å². The molecule has 1 aliphatic rings. The maximum atomic E-state index is 11.6. The number of sulfonamides is 1. The third kappa shape index (κ3) is 2.75. The monoisotopic (exact) mass is 275 g/mol. The van der Waals surface area contributed by atoms with Crippen LogP contribution in [0.25, 0.3) is 0 Å². The minimum absolute atomic E-state index is 0.204. The molecule has 1 aromatic heterocycles. The number of aromatic nitrogens is 2. The van der Waals surface area contributed by atoms with E-state index in [2.05, 4.69) is 9.97 Å². The van der Waals surface area contributed by atoms with Crippen molar-refractivity contribution in [3.05, 3.63) is 22.7 Å². The zero-order valence-corrected chi connectivity index (χ0v) is 11.3. The largest absolute Gasteiger partial charge is 0.236 e. The van der Waals surface area contributed by atoms with Crippen molar-refractivity contribution in [1.29, 1.82) is 0 Å². The lowest BCUT2D eigenvalue weighted by Gasteiger charge is -2.21. The molecule has 17 heavy (non-hydrogen) atoms. The first-order valence-electron chi connectivity index (χ1n) is 5.36. The lowest BCUT2D eigenvalue weighted by atomic mass is 10.1. The Morgan fingerprint density at radius 2 is 2.18 bits per heavy atom. The highest BCUT2D eigenvalue weighted by Gasteiger charge is 2.33. The van der Waals surface area contributed by atoms with Gasteiger partial charge in [0.2, 0.25) is 10.0 Å². The number of hydrogen-bond donors (Lipinski definition) is 0. The Morgan fingerprint density at radius 3 is 2.76 bits per heavy atom. The second-order valence-electron chi connectivity index (χ2n) is 4.19. The Morgan fingerprint density at radius 1 is 1.47 bits per heavy atom. The van der Waals surface area contributed by atoms with E-state index in [1.54, 1.807) is 13.0 Å². The third-order valence-electron chi connectivity index (χ3n) is 2.80. The molecule has 0 aliphatic carbocycles. The van der Waals surface area contributed by atoms with Crippen molar-refractivity contribution < 1.29 is 8.42 Å². The van der Waals surface area contributed by atoms with E-state index in [-0.39, 0.29) is 6.04 Å². The highest BCUT2D eigenvalue weighted by atomic mass is 35.5. The van der Waals surface area contributed by atoms with Crippen molar-refractivity contribution >= 4 is 21.6 Å². The molecule has 0 saturated carbocycles. The molecule has 1 atom stereocenters. The van der Waals surface area contributed by atoms with Gasteiger partial charge in [-0.1, -0.05) is 11.6 Å². The van der Waals surface area contributed by atoms with E-state index in [1.807, 2.05) is 0 Å². The summed E-state index contributed by atoms with van der Waals surface area (Å²) >= 11 is 5.87. The van der Waals surface area contributed by atoms with Crippen LogP contribution in [0.15, 0.2) is 6.07 Å². The molecule has 1 unspecified atom stereocenters. The minimum Gasteiger partial charge on any atom is -0.236 e. The number of hydrogen-bond acceptors (Lipinski definition) is 4. The second kappa shape index (κ2) is 4.51. The number of nitrogens with zero attached hydrogens (tertiary/aromatic N) is 3. The minimum atomic E-state index is -3.20. The van der Waals surface area contributed by atoms with Gasteiger partial charge in [0.15, 0.2) is 0 Å². The Hall–Kier alpha value is -0.720. The number of halogens is 1. The van der Waals surface area contributed by atoms with Gasteiger partial charge in [-0.25, -0.2) is 18.4 Å². The Labute approximate surface area is 106 Å². The predicted octanol–water partition coefficient (Wildman–Crippen LogP) is 1.53. The number of rotatable bonds is 2. The SMILES string of the molecule is Cc1nc(Cl)cc(C2CCCN2S(C)(=O)=O)n1. The molecule has 2 heterocycles. The number of aryl methyl sites for hydroxylation is 1. The molecule has 2 rings (SSSR count). The van der Waals surface area contributed by atoms with Crippen molar-refractivity contribution in [3.63, 3.8) is 0 Å². The first kappa shape index (κ1) is 12.7. The van der Waals surface area contributed by atoms with Crippen LogP contribution in [0.4, 0.5) is 0 Å². The van der Waals surface area contributed by atoms with E-state index in [0.29, 0.717) is 23.2 Å². The molecule has 1 saturated heterocycles. The molecule has 94 valence electrons. The van der Waals surface area contributed by atoms with Crippen LogP contribution in [0.3, 0.4) is 0 Å². The lowest BCUT2D eigenvalue weighted by molar-refractivity contribution is 0.393. The van der Waals surface area contributed by atoms with Gasteiger partial charge in [-0.3, -0.25) is 0 Å². The zero-order valence-electron chi connectivity index (χ0n) is 9.72. The fraction of sp³-hybridized carbons (Fsp3) is 0.600. The van der Waals surface area contributed by atoms with E-state index in [9.17, 15) is 8.42 Å². The molecule has 7 heteroatoms. The van der Waals surface area contributed by atoms with Crippen LogP contribution < -0.4 is 0 Å². The molecule has 1 fully saturated rings. The van der Waals surface area contributed by atoms with E-state index in [1.165, 1.54) is 10.6 Å². The van der Waals surface area contributed by atoms with Crippen LogP contribution in [0.5, 0.6) is 0 Å². The predicted molar refractivity (Wildman–Crippen MR) is 65.3 cm³/mol. The quantitative estimate of drug-likeness (QED) is 0.768. The molecule has 0 spiro atoms. The van der Waals surface area contributed by atoms with E-state index >= 15 is 0 Å². The van der Waals surface area contributed by atoms with Gasteiger partial charge in [-0.2, -0.15) is 4.31 Å². The van der Waals surface area contributed by atoms with Crippen molar-refractivity contribution in [2.75, 3.05) is 12.8 Å². The molecule has 1 aromatic rings. The van der Waals surface area contributed by atoms with Crippen molar-refractivity contribution in [1.82, 2.24) is 14.3 Å². The van der Waals surface area contributed by atoms with Crippen LogP contribution in [-0.4, -0.2) is 35.5 Å². The average molecular weight is 276 g/mol. The first-order valence-corrected chi connectivity index (χ1v) is 7.58. The zero-order chi connectivity index (χ0) is 12.6. The summed E-state index contributed by atoms with van der Waals surface area (Å²) in [5.41, 5.74) is 0.686. The van der Waals surface area contributed by atoms with Gasteiger partial charge in [0, 0.05) is 6.54 Å². The van der Waals surface area contributed by atoms with Crippen LogP contribution in [-0.2, 0) is 10.0 Å². The highest BCUT2D eigenvalue weighted by molar-refractivity contribution is 7.88. The summed E-state index contributed by atoms with van der Waals surface area (Å²) in [6, 6.07) is 1.44. The normalized spacial score (nSPS) is 21.9. The van der Waals surface area contributed by atoms with Crippen molar-refractivity contribution in [3.8, 4) is 0 Å². The Balaban J connectivity index is 2.39. The van der Waals surface area contributed by atoms with Gasteiger partial charge in [0.25, 0.3) is 0 Å². The summed E-state index contributed by atoms with van der Waals surface area (Å²) in [4.78, 5) is 8.26. The van der Waals surface area contributed by atoms with E-state index in [0.717, 1.165) is 12.8 Å². The topological polar surface area (TPSA) is 63.2 Å². The van der Waals surface area contributed by atoms with Gasteiger partial charge in [0.05, 0.1) is 18.0 Å². The second-order valence-corrected chi connectivity index (χ2v) is 6.52. The molecule has 0 aromatic carbocycles. The summed E-state index contributed by atoms with van der Waals surface area (Å²) < 4.78 is 24.8. The van der Waals surface area contributed by atoms with Gasteiger partial charge in [0.1, 0.15) is 11.0 Å². The van der Waals surface area contributed by atoms with Gasteiger partial charge < -0.3 is 0 Å². The molecule has 0 radical (unpaired) electrons. The van der Waals surface area contributed by atoms with Crippen LogP contribution >= 0.6 is 11.6 Å². The fourth-order valence-corrected chi connectivity index (χ4v) is 3.53. The molecule has 0 N–H and O–H groups in total. The highest BCUT2D eigenvalue weighted by Crippen LogP contribution is 2.33. The van der Waals surface area contributed by atoms with Crippen molar-refractivity contribution in [2.24, 2.45) is 0 Å². The molecule has 1 aliphatic heterocycles. The smallest absolute Gasteiger partial charge is 0.211 e.